The predicted octanol–water partition coefficient (Wildman–Crippen LogP) is 3.73. The Labute approximate surface area is 212 Å². The molecule has 0 aliphatic carbocycles. The predicted molar refractivity (Wildman–Crippen MR) is 141 cm³/mol. The molecule has 36 heavy (non-hydrogen) atoms. The standard InChI is InChI=1S/C24H28N8O3S/c1-32(2)11-12-35-22-19(34-3)13-18-20(30-22)21(28-15-27-18)25-10-9-17-14-26-24(36-17)31-23(33)29-16-7-5-4-6-8-16/h4-8,13-15H,9-12H2,1-3H3,(H,25,27,28)(H2,26,29,31,33). The third-order valence-corrected chi connectivity index (χ3v) is 5.98. The van der Waals surface area contributed by atoms with Crippen molar-refractivity contribution in [3.05, 3.63) is 53.8 Å². The Balaban J connectivity index is 1.36. The van der Waals surface area contributed by atoms with Crippen LogP contribution in [-0.2, 0) is 6.42 Å². The van der Waals surface area contributed by atoms with Crippen LogP contribution in [0.1, 0.15) is 4.88 Å². The van der Waals surface area contributed by atoms with E-state index in [9.17, 15) is 4.79 Å². The summed E-state index contributed by atoms with van der Waals surface area (Å²) in [7, 11) is 5.53. The number of thiazole rings is 1. The number of anilines is 3. The highest BCUT2D eigenvalue weighted by atomic mass is 32.1. The Hall–Kier alpha value is -4.03. The molecule has 4 rings (SSSR count). The van der Waals surface area contributed by atoms with Crippen LogP contribution in [0.5, 0.6) is 11.6 Å². The fourth-order valence-corrected chi connectivity index (χ4v) is 4.03. The first kappa shape index (κ1) is 25.1. The quantitative estimate of drug-likeness (QED) is 0.278. The highest BCUT2D eigenvalue weighted by Crippen LogP contribution is 2.30. The van der Waals surface area contributed by atoms with Crippen molar-refractivity contribution < 1.29 is 14.3 Å². The van der Waals surface area contributed by atoms with Crippen molar-refractivity contribution in [3.63, 3.8) is 0 Å². The zero-order valence-electron chi connectivity index (χ0n) is 20.3. The monoisotopic (exact) mass is 508 g/mol. The zero-order chi connectivity index (χ0) is 25.3. The number of nitrogens with one attached hydrogen (secondary N) is 3. The number of carbonyl (C=O) groups is 1. The Morgan fingerprint density at radius 3 is 2.72 bits per heavy atom. The van der Waals surface area contributed by atoms with Gasteiger partial charge in [0, 0.05) is 42.3 Å². The SMILES string of the molecule is COc1cc2ncnc(NCCc3cnc(NC(=O)Nc4ccccc4)s3)c2nc1OCCN(C)C. The summed E-state index contributed by atoms with van der Waals surface area (Å²) in [5.74, 6) is 1.52. The third-order valence-electron chi connectivity index (χ3n) is 5.01. The largest absolute Gasteiger partial charge is 0.491 e. The van der Waals surface area contributed by atoms with E-state index in [4.69, 9.17) is 9.47 Å². The lowest BCUT2D eigenvalue weighted by molar-refractivity contribution is 0.243. The number of amides is 2. The molecular weight excluding hydrogens is 480 g/mol. The number of para-hydroxylation sites is 1. The van der Waals surface area contributed by atoms with E-state index < -0.39 is 0 Å². The van der Waals surface area contributed by atoms with E-state index in [2.05, 4.69) is 35.9 Å². The number of benzene rings is 1. The van der Waals surface area contributed by atoms with E-state index in [1.54, 1.807) is 19.4 Å². The van der Waals surface area contributed by atoms with E-state index >= 15 is 0 Å². The molecule has 1 aromatic carbocycles. The number of urea groups is 1. The maximum atomic E-state index is 12.2. The highest BCUT2D eigenvalue weighted by Gasteiger charge is 2.14. The summed E-state index contributed by atoms with van der Waals surface area (Å²) in [5, 5.41) is 9.38. The highest BCUT2D eigenvalue weighted by molar-refractivity contribution is 7.15. The number of aromatic nitrogens is 4. The van der Waals surface area contributed by atoms with Gasteiger partial charge in [-0.15, -0.1) is 11.3 Å². The molecule has 0 bridgehead atoms. The van der Waals surface area contributed by atoms with E-state index in [-0.39, 0.29) is 6.03 Å². The van der Waals surface area contributed by atoms with Gasteiger partial charge in [0.25, 0.3) is 5.88 Å². The molecule has 0 aliphatic heterocycles. The number of carbonyl (C=O) groups excluding carboxylic acids is 1. The maximum Gasteiger partial charge on any atom is 0.325 e. The normalized spacial score (nSPS) is 10.9. The number of hydrogen-bond acceptors (Lipinski definition) is 10. The van der Waals surface area contributed by atoms with Crippen LogP contribution in [0.4, 0.5) is 21.4 Å². The Kier molecular flexibility index (Phi) is 8.42. The average Bonchev–Trinajstić information content (AvgIpc) is 3.31. The van der Waals surface area contributed by atoms with Crippen LogP contribution in [0.25, 0.3) is 11.0 Å². The van der Waals surface area contributed by atoms with Crippen molar-refractivity contribution >= 4 is 45.0 Å². The molecule has 2 amide bonds. The minimum atomic E-state index is -0.335. The van der Waals surface area contributed by atoms with Crippen molar-refractivity contribution in [2.45, 2.75) is 6.42 Å². The first-order valence-corrected chi connectivity index (χ1v) is 12.1. The molecule has 3 heterocycles. The first-order chi connectivity index (χ1) is 17.5. The maximum absolute atomic E-state index is 12.2. The fourth-order valence-electron chi connectivity index (χ4n) is 3.22. The summed E-state index contributed by atoms with van der Waals surface area (Å²) in [5.41, 5.74) is 1.96. The van der Waals surface area contributed by atoms with Crippen molar-refractivity contribution in [2.24, 2.45) is 0 Å². The number of pyridine rings is 1. The van der Waals surface area contributed by atoms with Crippen molar-refractivity contribution in [3.8, 4) is 11.6 Å². The van der Waals surface area contributed by atoms with Gasteiger partial charge in [-0.05, 0) is 26.2 Å². The molecule has 3 N–H and O–H groups in total. The van der Waals surface area contributed by atoms with Gasteiger partial charge in [0.05, 0.1) is 12.6 Å². The van der Waals surface area contributed by atoms with Gasteiger partial charge in [0.1, 0.15) is 18.5 Å². The lowest BCUT2D eigenvalue weighted by Crippen LogP contribution is -2.20. The molecule has 4 aromatic rings. The number of fused-ring (bicyclic) bond motifs is 1. The van der Waals surface area contributed by atoms with Crippen LogP contribution in [0.15, 0.2) is 48.9 Å². The van der Waals surface area contributed by atoms with Gasteiger partial charge in [-0.1, -0.05) is 18.2 Å². The number of likely N-dealkylation sites (N-methyl/N-ethyl adjacent to an activating group) is 1. The second-order valence-electron chi connectivity index (χ2n) is 7.99. The number of methoxy groups -OCH3 is 1. The Morgan fingerprint density at radius 1 is 1.11 bits per heavy atom. The zero-order valence-corrected chi connectivity index (χ0v) is 21.1. The number of hydrogen-bond donors (Lipinski definition) is 3. The van der Waals surface area contributed by atoms with Gasteiger partial charge in [0.15, 0.2) is 16.7 Å². The lowest BCUT2D eigenvalue weighted by atomic mass is 10.3. The van der Waals surface area contributed by atoms with E-state index in [0.717, 1.165) is 11.4 Å². The van der Waals surface area contributed by atoms with Gasteiger partial charge in [-0.2, -0.15) is 0 Å². The first-order valence-electron chi connectivity index (χ1n) is 11.3. The van der Waals surface area contributed by atoms with Crippen LogP contribution in [0, 0.1) is 0 Å². The summed E-state index contributed by atoms with van der Waals surface area (Å²) in [6.07, 6.45) is 3.92. The summed E-state index contributed by atoms with van der Waals surface area (Å²) in [6.45, 7) is 1.82. The number of rotatable bonds is 11. The minimum Gasteiger partial charge on any atom is -0.491 e. The molecule has 0 aliphatic rings. The average molecular weight is 509 g/mol. The van der Waals surface area contributed by atoms with Gasteiger partial charge in [0.2, 0.25) is 0 Å². The molecule has 0 unspecified atom stereocenters. The molecule has 188 valence electrons. The Morgan fingerprint density at radius 2 is 1.94 bits per heavy atom. The van der Waals surface area contributed by atoms with Crippen molar-refractivity contribution in [1.29, 1.82) is 0 Å². The van der Waals surface area contributed by atoms with Crippen molar-refractivity contribution in [2.75, 3.05) is 56.9 Å². The van der Waals surface area contributed by atoms with Gasteiger partial charge in [-0.3, -0.25) is 5.32 Å². The van der Waals surface area contributed by atoms with Gasteiger partial charge in [-0.25, -0.2) is 24.7 Å². The molecule has 0 radical (unpaired) electrons. The summed E-state index contributed by atoms with van der Waals surface area (Å²) >= 11 is 1.42. The summed E-state index contributed by atoms with van der Waals surface area (Å²) < 4.78 is 11.3. The van der Waals surface area contributed by atoms with E-state index in [1.807, 2.05) is 49.3 Å². The molecule has 3 aromatic heterocycles. The second kappa shape index (κ2) is 12.1. The third kappa shape index (κ3) is 6.77. The van der Waals surface area contributed by atoms with Gasteiger partial charge < -0.3 is 25.0 Å². The smallest absolute Gasteiger partial charge is 0.325 e. The minimum absolute atomic E-state index is 0.335. The molecule has 0 saturated carbocycles. The van der Waals surface area contributed by atoms with E-state index in [0.29, 0.717) is 58.9 Å². The lowest BCUT2D eigenvalue weighted by Gasteiger charge is -2.14. The molecule has 12 heteroatoms. The summed E-state index contributed by atoms with van der Waals surface area (Å²) in [6, 6.07) is 10.7. The van der Waals surface area contributed by atoms with Crippen molar-refractivity contribution in [1.82, 2.24) is 24.8 Å². The summed E-state index contributed by atoms with van der Waals surface area (Å²) in [4.78, 5) is 32.8. The molecule has 0 fully saturated rings. The van der Waals surface area contributed by atoms with Crippen LogP contribution in [0.3, 0.4) is 0 Å². The molecular formula is C24H28N8O3S. The number of ether oxygens (including phenoxy) is 2. The van der Waals surface area contributed by atoms with Crippen LogP contribution >= 0.6 is 11.3 Å². The molecule has 0 atom stereocenters. The second-order valence-corrected chi connectivity index (χ2v) is 9.11. The van der Waals surface area contributed by atoms with Crippen LogP contribution in [0.2, 0.25) is 0 Å². The number of nitrogens with zero attached hydrogens (tertiary/aromatic N) is 5. The fraction of sp³-hybridized carbons (Fsp3) is 0.292. The van der Waals surface area contributed by atoms with Crippen LogP contribution in [-0.4, -0.2) is 71.8 Å². The van der Waals surface area contributed by atoms with Crippen LogP contribution < -0.4 is 25.4 Å². The topological polar surface area (TPSA) is 126 Å². The Bertz CT molecular complexity index is 1300. The molecule has 0 saturated heterocycles. The molecule has 0 spiro atoms. The molecule has 11 nitrogen and oxygen atoms in total. The van der Waals surface area contributed by atoms with E-state index in [1.165, 1.54) is 17.7 Å². The van der Waals surface area contributed by atoms with Gasteiger partial charge >= 0.3 is 6.03 Å².